The second-order valence-corrected chi connectivity index (χ2v) is 6.34. The fraction of sp³-hybridized carbons (Fsp3) is 0.263. The predicted octanol–water partition coefficient (Wildman–Crippen LogP) is 3.15. The summed E-state index contributed by atoms with van der Waals surface area (Å²) in [6, 6.07) is 16.6. The van der Waals surface area contributed by atoms with Gasteiger partial charge < -0.3 is 14.8 Å². The van der Waals surface area contributed by atoms with E-state index >= 15 is 0 Å². The molecule has 2 aromatic carbocycles. The van der Waals surface area contributed by atoms with Gasteiger partial charge in [0.25, 0.3) is 5.91 Å². The van der Waals surface area contributed by atoms with E-state index in [1.54, 1.807) is 43.1 Å². The van der Waals surface area contributed by atoms with Gasteiger partial charge in [-0.15, -0.1) is 11.8 Å². The minimum atomic E-state index is -0.530. The van der Waals surface area contributed by atoms with Gasteiger partial charge in [-0.2, -0.15) is 0 Å². The van der Waals surface area contributed by atoms with E-state index in [0.29, 0.717) is 17.9 Å². The van der Waals surface area contributed by atoms with Crippen molar-refractivity contribution < 1.29 is 19.1 Å². The largest absolute Gasteiger partial charge is 0.497 e. The number of amides is 1. The zero-order chi connectivity index (χ0) is 17.9. The third-order valence-corrected chi connectivity index (χ3v) is 4.41. The molecule has 5 nitrogen and oxygen atoms in total. The molecule has 0 saturated carbocycles. The van der Waals surface area contributed by atoms with E-state index in [1.807, 2.05) is 18.2 Å². The summed E-state index contributed by atoms with van der Waals surface area (Å²) in [4.78, 5) is 24.7. The average Bonchev–Trinajstić information content (AvgIpc) is 2.66. The lowest BCUT2D eigenvalue weighted by molar-refractivity contribution is -0.124. The molecule has 0 bridgehead atoms. The van der Waals surface area contributed by atoms with Crippen LogP contribution < -0.4 is 10.1 Å². The number of benzene rings is 2. The van der Waals surface area contributed by atoms with Crippen LogP contribution >= 0.6 is 11.8 Å². The number of thioether (sulfide) groups is 1. The molecule has 1 N–H and O–H groups in total. The van der Waals surface area contributed by atoms with Gasteiger partial charge in [-0.25, -0.2) is 4.79 Å². The standard InChI is InChI=1S/C19H21NO4S/c1-23-16-10-8-15(9-11-16)19(22)24-14-18(21)20-12-5-13-25-17-6-3-2-4-7-17/h2-4,6-11H,5,12-14H2,1H3,(H,20,21). The highest BCUT2D eigenvalue weighted by Crippen LogP contribution is 2.17. The number of nitrogens with one attached hydrogen (secondary N) is 1. The van der Waals surface area contributed by atoms with Crippen LogP contribution in [0.2, 0.25) is 0 Å². The maximum Gasteiger partial charge on any atom is 0.338 e. The van der Waals surface area contributed by atoms with Crippen molar-refractivity contribution in [3.63, 3.8) is 0 Å². The van der Waals surface area contributed by atoms with Crippen LogP contribution in [0.25, 0.3) is 0 Å². The van der Waals surface area contributed by atoms with Crippen LogP contribution in [0, 0.1) is 0 Å². The van der Waals surface area contributed by atoms with Crippen molar-refractivity contribution in [3.05, 3.63) is 60.2 Å². The van der Waals surface area contributed by atoms with Gasteiger partial charge in [0, 0.05) is 11.4 Å². The molecule has 0 aliphatic heterocycles. The summed E-state index contributed by atoms with van der Waals surface area (Å²) in [6.07, 6.45) is 0.845. The molecule has 0 aromatic heterocycles. The highest BCUT2D eigenvalue weighted by Gasteiger charge is 2.10. The smallest absolute Gasteiger partial charge is 0.338 e. The minimum absolute atomic E-state index is 0.281. The average molecular weight is 359 g/mol. The van der Waals surface area contributed by atoms with Gasteiger partial charge in [0.2, 0.25) is 0 Å². The zero-order valence-corrected chi connectivity index (χ0v) is 14.9. The molecule has 0 saturated heterocycles. The molecule has 1 amide bonds. The number of hydrogen-bond acceptors (Lipinski definition) is 5. The summed E-state index contributed by atoms with van der Waals surface area (Å²) >= 11 is 1.74. The number of carbonyl (C=O) groups excluding carboxylic acids is 2. The number of rotatable bonds is 9. The van der Waals surface area contributed by atoms with Gasteiger partial charge in [-0.05, 0) is 48.6 Å². The van der Waals surface area contributed by atoms with E-state index in [0.717, 1.165) is 12.2 Å². The van der Waals surface area contributed by atoms with Crippen molar-refractivity contribution in [2.45, 2.75) is 11.3 Å². The van der Waals surface area contributed by atoms with E-state index < -0.39 is 5.97 Å². The number of carbonyl (C=O) groups is 2. The lowest BCUT2D eigenvalue weighted by atomic mass is 10.2. The molecule has 2 rings (SSSR count). The molecule has 2 aromatic rings. The summed E-state index contributed by atoms with van der Waals surface area (Å²) in [6.45, 7) is 0.273. The fourth-order valence-corrected chi connectivity index (χ4v) is 2.87. The van der Waals surface area contributed by atoms with Crippen LogP contribution in [0.15, 0.2) is 59.5 Å². The molecule has 0 spiro atoms. The number of methoxy groups -OCH3 is 1. The van der Waals surface area contributed by atoms with Gasteiger partial charge in [-0.1, -0.05) is 18.2 Å². The Labute approximate surface area is 151 Å². The Balaban J connectivity index is 1.59. The Morgan fingerprint density at radius 3 is 2.44 bits per heavy atom. The van der Waals surface area contributed by atoms with E-state index in [-0.39, 0.29) is 12.5 Å². The lowest BCUT2D eigenvalue weighted by Gasteiger charge is -2.07. The zero-order valence-electron chi connectivity index (χ0n) is 14.1. The molecule has 0 atom stereocenters. The van der Waals surface area contributed by atoms with Crippen LogP contribution in [-0.2, 0) is 9.53 Å². The van der Waals surface area contributed by atoms with Gasteiger partial charge in [0.1, 0.15) is 5.75 Å². The summed E-state index contributed by atoms with van der Waals surface area (Å²) in [5, 5.41) is 2.74. The summed E-state index contributed by atoms with van der Waals surface area (Å²) in [7, 11) is 1.55. The highest BCUT2D eigenvalue weighted by atomic mass is 32.2. The molecule has 132 valence electrons. The van der Waals surface area contributed by atoms with Gasteiger partial charge in [-0.3, -0.25) is 4.79 Å². The molecule has 0 unspecified atom stereocenters. The Kier molecular flexibility index (Phi) is 7.85. The summed E-state index contributed by atoms with van der Waals surface area (Å²) in [5.41, 5.74) is 0.382. The first-order chi connectivity index (χ1) is 12.2. The maximum absolute atomic E-state index is 11.8. The van der Waals surface area contributed by atoms with Gasteiger partial charge in [0.15, 0.2) is 6.61 Å². The molecular formula is C19H21NO4S. The maximum atomic E-state index is 11.8. The summed E-state index contributed by atoms with van der Waals surface area (Å²) in [5.74, 6) is 0.738. The molecule has 25 heavy (non-hydrogen) atoms. The third kappa shape index (κ3) is 6.89. The molecular weight excluding hydrogens is 338 g/mol. The molecule has 6 heteroatoms. The van der Waals surface area contributed by atoms with E-state index in [4.69, 9.17) is 9.47 Å². The van der Waals surface area contributed by atoms with Gasteiger partial charge >= 0.3 is 5.97 Å². The number of hydrogen-bond donors (Lipinski definition) is 1. The van der Waals surface area contributed by atoms with Crippen molar-refractivity contribution in [1.29, 1.82) is 0 Å². The normalized spacial score (nSPS) is 10.1. The summed E-state index contributed by atoms with van der Waals surface area (Å²) < 4.78 is 10.0. The third-order valence-electron chi connectivity index (χ3n) is 3.32. The van der Waals surface area contributed by atoms with Crippen LogP contribution in [0.4, 0.5) is 0 Å². The predicted molar refractivity (Wildman–Crippen MR) is 98.1 cm³/mol. The highest BCUT2D eigenvalue weighted by molar-refractivity contribution is 7.99. The Bertz CT molecular complexity index is 674. The lowest BCUT2D eigenvalue weighted by Crippen LogP contribution is -2.29. The first-order valence-corrected chi connectivity index (χ1v) is 8.93. The second-order valence-electron chi connectivity index (χ2n) is 5.17. The quantitative estimate of drug-likeness (QED) is 0.423. The Morgan fingerprint density at radius 2 is 1.76 bits per heavy atom. The van der Waals surface area contributed by atoms with Crippen molar-refractivity contribution >= 4 is 23.6 Å². The first kappa shape index (κ1) is 18.9. The van der Waals surface area contributed by atoms with E-state index in [2.05, 4.69) is 17.4 Å². The van der Waals surface area contributed by atoms with E-state index in [1.165, 1.54) is 4.90 Å². The Morgan fingerprint density at radius 1 is 1.04 bits per heavy atom. The van der Waals surface area contributed by atoms with Crippen molar-refractivity contribution in [2.75, 3.05) is 26.0 Å². The van der Waals surface area contributed by atoms with Crippen LogP contribution in [0.5, 0.6) is 5.75 Å². The SMILES string of the molecule is COc1ccc(C(=O)OCC(=O)NCCCSc2ccccc2)cc1. The van der Waals surface area contributed by atoms with Crippen molar-refractivity contribution in [1.82, 2.24) is 5.32 Å². The molecule has 0 aliphatic carbocycles. The van der Waals surface area contributed by atoms with Crippen LogP contribution in [-0.4, -0.2) is 37.9 Å². The molecule has 0 aliphatic rings. The molecule has 0 heterocycles. The van der Waals surface area contributed by atoms with Gasteiger partial charge in [0.05, 0.1) is 12.7 Å². The molecule has 0 radical (unpaired) electrons. The second kappa shape index (κ2) is 10.4. The van der Waals surface area contributed by atoms with Crippen molar-refractivity contribution in [3.8, 4) is 5.75 Å². The number of ether oxygens (including phenoxy) is 2. The Hall–Kier alpha value is -2.47. The minimum Gasteiger partial charge on any atom is -0.497 e. The fourth-order valence-electron chi connectivity index (χ4n) is 2.00. The monoisotopic (exact) mass is 359 g/mol. The molecule has 0 fully saturated rings. The topological polar surface area (TPSA) is 64.6 Å². The van der Waals surface area contributed by atoms with Crippen molar-refractivity contribution in [2.24, 2.45) is 0 Å². The van der Waals surface area contributed by atoms with Crippen LogP contribution in [0.1, 0.15) is 16.8 Å². The van der Waals surface area contributed by atoms with Crippen LogP contribution in [0.3, 0.4) is 0 Å². The number of esters is 1. The van der Waals surface area contributed by atoms with E-state index in [9.17, 15) is 9.59 Å². The first-order valence-electron chi connectivity index (χ1n) is 7.95.